The minimum absolute atomic E-state index is 0.661. The maximum Gasteiger partial charge on any atom is 0.0264 e. The van der Waals surface area contributed by atoms with Crippen LogP contribution in [0.15, 0.2) is 11.6 Å². The number of hydrogen-bond acceptors (Lipinski definition) is 1. The summed E-state index contributed by atoms with van der Waals surface area (Å²) in [6, 6.07) is 0. The van der Waals surface area contributed by atoms with E-state index in [9.17, 15) is 0 Å². The zero-order chi connectivity index (χ0) is 9.68. The van der Waals surface area contributed by atoms with Gasteiger partial charge in [0, 0.05) is 31.0 Å². The maximum atomic E-state index is 5.87. The predicted molar refractivity (Wildman–Crippen MR) is 59.4 cm³/mol. The lowest BCUT2D eigenvalue weighted by Gasteiger charge is -2.34. The van der Waals surface area contributed by atoms with Crippen LogP contribution >= 0.6 is 23.2 Å². The van der Waals surface area contributed by atoms with Crippen molar-refractivity contribution >= 4 is 23.2 Å². The van der Waals surface area contributed by atoms with Crippen LogP contribution in [0.4, 0.5) is 0 Å². The van der Waals surface area contributed by atoms with E-state index in [1.807, 2.05) is 6.08 Å². The van der Waals surface area contributed by atoms with Crippen molar-refractivity contribution in [2.75, 3.05) is 25.5 Å². The first kappa shape index (κ1) is 11.4. The highest BCUT2D eigenvalue weighted by Gasteiger charge is 2.22. The minimum Gasteiger partial charge on any atom is -0.299 e. The third kappa shape index (κ3) is 3.88. The standard InChI is InChI=1S/C10H17Cl2N/c1-9-5-10(6-12)8-13(7-9)4-2-3-11/h2-3,9-10H,4-8H2,1H3/b3-2+. The molecule has 3 heteroatoms. The summed E-state index contributed by atoms with van der Waals surface area (Å²) in [5.41, 5.74) is 1.59. The third-order valence-corrected chi connectivity index (χ3v) is 3.11. The molecule has 0 aromatic carbocycles. The molecule has 0 radical (unpaired) electrons. The molecule has 1 aliphatic rings. The van der Waals surface area contributed by atoms with Crippen molar-refractivity contribution in [1.82, 2.24) is 4.90 Å². The summed E-state index contributed by atoms with van der Waals surface area (Å²) in [5, 5.41) is 0. The van der Waals surface area contributed by atoms with E-state index >= 15 is 0 Å². The van der Waals surface area contributed by atoms with Crippen molar-refractivity contribution in [1.29, 1.82) is 0 Å². The van der Waals surface area contributed by atoms with Crippen LogP contribution in [0, 0.1) is 11.8 Å². The summed E-state index contributed by atoms with van der Waals surface area (Å²) in [5.74, 6) is 2.21. The Balaban J connectivity index is 2.37. The van der Waals surface area contributed by atoms with Gasteiger partial charge in [0.1, 0.15) is 0 Å². The van der Waals surface area contributed by atoms with Gasteiger partial charge in [-0.15, -0.1) is 11.6 Å². The van der Waals surface area contributed by atoms with Gasteiger partial charge in [0.15, 0.2) is 0 Å². The van der Waals surface area contributed by atoms with Gasteiger partial charge in [-0.05, 0) is 18.3 Å². The van der Waals surface area contributed by atoms with Gasteiger partial charge in [0.05, 0.1) is 0 Å². The van der Waals surface area contributed by atoms with Gasteiger partial charge in [-0.2, -0.15) is 0 Å². The molecule has 0 N–H and O–H groups in total. The molecule has 0 saturated carbocycles. The lowest BCUT2D eigenvalue weighted by molar-refractivity contribution is 0.156. The van der Waals surface area contributed by atoms with Crippen LogP contribution in [0.2, 0.25) is 0 Å². The fourth-order valence-corrected chi connectivity index (χ4v) is 2.35. The number of hydrogen-bond donors (Lipinski definition) is 0. The van der Waals surface area contributed by atoms with E-state index in [1.165, 1.54) is 13.0 Å². The van der Waals surface area contributed by atoms with Gasteiger partial charge in [0.2, 0.25) is 0 Å². The van der Waals surface area contributed by atoms with Gasteiger partial charge in [-0.25, -0.2) is 0 Å². The molecule has 2 atom stereocenters. The summed E-state index contributed by atoms with van der Waals surface area (Å²) in [4.78, 5) is 2.42. The Morgan fingerprint density at radius 3 is 2.85 bits per heavy atom. The van der Waals surface area contributed by atoms with Crippen molar-refractivity contribution in [2.24, 2.45) is 11.8 Å². The van der Waals surface area contributed by atoms with Crippen molar-refractivity contribution in [3.05, 3.63) is 11.6 Å². The number of rotatable bonds is 3. The molecule has 0 spiro atoms. The second-order valence-corrected chi connectivity index (χ2v) is 4.50. The molecule has 0 bridgehead atoms. The SMILES string of the molecule is CC1CC(CCl)CN(C/C=C/Cl)C1. The minimum atomic E-state index is 0.661. The molecule has 1 rings (SSSR count). The van der Waals surface area contributed by atoms with Crippen LogP contribution in [-0.4, -0.2) is 30.4 Å². The Morgan fingerprint density at radius 1 is 1.46 bits per heavy atom. The lowest BCUT2D eigenvalue weighted by Crippen LogP contribution is -2.40. The van der Waals surface area contributed by atoms with E-state index in [2.05, 4.69) is 11.8 Å². The van der Waals surface area contributed by atoms with Crippen molar-refractivity contribution in [2.45, 2.75) is 13.3 Å². The van der Waals surface area contributed by atoms with Gasteiger partial charge in [-0.1, -0.05) is 24.6 Å². The van der Waals surface area contributed by atoms with E-state index in [0.29, 0.717) is 5.92 Å². The molecule has 2 unspecified atom stereocenters. The Bertz CT molecular complexity index is 170. The van der Waals surface area contributed by atoms with Gasteiger partial charge in [0.25, 0.3) is 0 Å². The van der Waals surface area contributed by atoms with E-state index in [-0.39, 0.29) is 0 Å². The van der Waals surface area contributed by atoms with Crippen LogP contribution in [-0.2, 0) is 0 Å². The average molecular weight is 222 g/mol. The Kier molecular flexibility index (Phi) is 5.15. The lowest BCUT2D eigenvalue weighted by atomic mass is 9.92. The number of alkyl halides is 1. The molecule has 1 aliphatic heterocycles. The third-order valence-electron chi connectivity index (χ3n) is 2.49. The molecule has 1 fully saturated rings. The van der Waals surface area contributed by atoms with Crippen LogP contribution < -0.4 is 0 Å². The molecule has 13 heavy (non-hydrogen) atoms. The van der Waals surface area contributed by atoms with E-state index in [0.717, 1.165) is 24.9 Å². The van der Waals surface area contributed by atoms with Crippen molar-refractivity contribution in [3.8, 4) is 0 Å². The van der Waals surface area contributed by atoms with E-state index in [4.69, 9.17) is 23.2 Å². The molecule has 0 amide bonds. The molecule has 1 heterocycles. The van der Waals surface area contributed by atoms with Crippen molar-refractivity contribution < 1.29 is 0 Å². The first-order chi connectivity index (χ1) is 6.26. The fraction of sp³-hybridized carbons (Fsp3) is 0.800. The number of nitrogens with zero attached hydrogens (tertiary/aromatic N) is 1. The Hall–Kier alpha value is 0.280. The molecule has 0 aliphatic carbocycles. The van der Waals surface area contributed by atoms with E-state index in [1.54, 1.807) is 5.54 Å². The normalized spacial score (nSPS) is 31.3. The Labute approximate surface area is 90.7 Å². The quantitative estimate of drug-likeness (QED) is 0.663. The summed E-state index contributed by atoms with van der Waals surface area (Å²) < 4.78 is 0. The first-order valence-corrected chi connectivity index (χ1v) is 5.77. The first-order valence-electron chi connectivity index (χ1n) is 4.79. The summed E-state index contributed by atoms with van der Waals surface area (Å²) >= 11 is 11.4. The summed E-state index contributed by atoms with van der Waals surface area (Å²) in [6.07, 6.45) is 3.26. The second kappa shape index (κ2) is 5.90. The highest BCUT2D eigenvalue weighted by molar-refractivity contribution is 6.25. The monoisotopic (exact) mass is 221 g/mol. The van der Waals surface area contributed by atoms with Gasteiger partial charge < -0.3 is 0 Å². The molecule has 1 nitrogen and oxygen atoms in total. The van der Waals surface area contributed by atoms with Crippen molar-refractivity contribution in [3.63, 3.8) is 0 Å². The summed E-state index contributed by atoms with van der Waals surface area (Å²) in [7, 11) is 0. The number of halogens is 2. The topological polar surface area (TPSA) is 3.24 Å². The molecule has 76 valence electrons. The second-order valence-electron chi connectivity index (χ2n) is 3.94. The summed E-state index contributed by atoms with van der Waals surface area (Å²) in [6.45, 7) is 5.54. The Morgan fingerprint density at radius 2 is 2.23 bits per heavy atom. The molecule has 1 saturated heterocycles. The zero-order valence-electron chi connectivity index (χ0n) is 8.05. The molecule has 0 aromatic heterocycles. The number of piperidine rings is 1. The fourth-order valence-electron chi connectivity index (χ4n) is 2.05. The predicted octanol–water partition coefficient (Wildman–Crippen LogP) is 2.94. The van der Waals surface area contributed by atoms with Gasteiger partial charge >= 0.3 is 0 Å². The maximum absolute atomic E-state index is 5.87. The molecule has 0 aromatic rings. The van der Waals surface area contributed by atoms with Crippen LogP contribution in [0.25, 0.3) is 0 Å². The van der Waals surface area contributed by atoms with E-state index < -0.39 is 0 Å². The highest BCUT2D eigenvalue weighted by Crippen LogP contribution is 2.22. The van der Waals surface area contributed by atoms with Gasteiger partial charge in [-0.3, -0.25) is 4.90 Å². The zero-order valence-corrected chi connectivity index (χ0v) is 9.56. The largest absolute Gasteiger partial charge is 0.299 e. The smallest absolute Gasteiger partial charge is 0.0264 e. The number of likely N-dealkylation sites (tertiary alicyclic amines) is 1. The van der Waals surface area contributed by atoms with Crippen LogP contribution in [0.3, 0.4) is 0 Å². The molecular weight excluding hydrogens is 205 g/mol. The van der Waals surface area contributed by atoms with Crippen LogP contribution in [0.1, 0.15) is 13.3 Å². The highest BCUT2D eigenvalue weighted by atomic mass is 35.5. The molecular formula is C10H17Cl2N. The average Bonchev–Trinajstić information content (AvgIpc) is 2.14. The van der Waals surface area contributed by atoms with Crippen LogP contribution in [0.5, 0.6) is 0 Å².